The number of ether oxygens (including phenoxy) is 2. The van der Waals surface area contributed by atoms with Gasteiger partial charge in [0.05, 0.1) is 18.6 Å². The summed E-state index contributed by atoms with van der Waals surface area (Å²) in [5, 5.41) is 3.58. The number of nitrogens with one attached hydrogen (secondary N) is 1. The highest BCUT2D eigenvalue weighted by atomic mass is 16.5. The lowest BCUT2D eigenvalue weighted by Gasteiger charge is -2.28. The monoisotopic (exact) mass is 255 g/mol. The van der Waals surface area contributed by atoms with Crippen molar-refractivity contribution in [1.29, 1.82) is 0 Å². The third-order valence-electron chi connectivity index (χ3n) is 4.01. The van der Waals surface area contributed by atoms with Gasteiger partial charge in [-0.05, 0) is 45.4 Å². The molecular formula is C14H25NO3. The molecule has 4 heteroatoms. The SMILES string of the molecule is CCOC(=O)C1CCC(NCC2CCCO2)CC1. The lowest BCUT2D eigenvalue weighted by atomic mass is 9.86. The summed E-state index contributed by atoms with van der Waals surface area (Å²) >= 11 is 0. The van der Waals surface area contributed by atoms with Gasteiger partial charge < -0.3 is 14.8 Å². The summed E-state index contributed by atoms with van der Waals surface area (Å²) in [6.07, 6.45) is 6.87. The van der Waals surface area contributed by atoms with Crippen LogP contribution in [0.2, 0.25) is 0 Å². The van der Waals surface area contributed by atoms with E-state index >= 15 is 0 Å². The molecule has 104 valence electrons. The second kappa shape index (κ2) is 7.10. The Morgan fingerprint density at radius 3 is 2.67 bits per heavy atom. The van der Waals surface area contributed by atoms with Crippen molar-refractivity contribution >= 4 is 5.97 Å². The van der Waals surface area contributed by atoms with Crippen LogP contribution in [-0.4, -0.2) is 37.9 Å². The van der Waals surface area contributed by atoms with Gasteiger partial charge in [0.15, 0.2) is 0 Å². The molecule has 1 atom stereocenters. The fraction of sp³-hybridized carbons (Fsp3) is 0.929. The summed E-state index contributed by atoms with van der Waals surface area (Å²) in [6, 6.07) is 0.555. The highest BCUT2D eigenvalue weighted by molar-refractivity contribution is 5.72. The molecule has 0 aromatic heterocycles. The van der Waals surface area contributed by atoms with Crippen LogP contribution in [0.3, 0.4) is 0 Å². The largest absolute Gasteiger partial charge is 0.466 e. The van der Waals surface area contributed by atoms with Crippen LogP contribution in [0.5, 0.6) is 0 Å². The molecule has 0 aromatic carbocycles. The molecule has 1 heterocycles. The molecule has 1 aliphatic carbocycles. The van der Waals surface area contributed by atoms with Crippen molar-refractivity contribution in [2.24, 2.45) is 5.92 Å². The van der Waals surface area contributed by atoms with E-state index in [0.29, 0.717) is 18.8 Å². The molecule has 2 aliphatic rings. The van der Waals surface area contributed by atoms with Gasteiger partial charge in [-0.2, -0.15) is 0 Å². The van der Waals surface area contributed by atoms with Crippen molar-refractivity contribution in [3.63, 3.8) is 0 Å². The quantitative estimate of drug-likeness (QED) is 0.762. The summed E-state index contributed by atoms with van der Waals surface area (Å²) in [5.41, 5.74) is 0. The molecule has 18 heavy (non-hydrogen) atoms. The van der Waals surface area contributed by atoms with Crippen LogP contribution in [0.15, 0.2) is 0 Å². The number of hydrogen-bond donors (Lipinski definition) is 1. The number of carbonyl (C=O) groups excluding carboxylic acids is 1. The van der Waals surface area contributed by atoms with Gasteiger partial charge in [-0.15, -0.1) is 0 Å². The Morgan fingerprint density at radius 1 is 1.28 bits per heavy atom. The molecule has 1 saturated heterocycles. The van der Waals surface area contributed by atoms with E-state index in [9.17, 15) is 4.79 Å². The fourth-order valence-electron chi connectivity index (χ4n) is 2.90. The maximum absolute atomic E-state index is 11.6. The Kier molecular flexibility index (Phi) is 5.45. The summed E-state index contributed by atoms with van der Waals surface area (Å²) in [4.78, 5) is 11.6. The maximum atomic E-state index is 11.6. The number of hydrogen-bond acceptors (Lipinski definition) is 4. The van der Waals surface area contributed by atoms with Crippen LogP contribution < -0.4 is 5.32 Å². The highest BCUT2D eigenvalue weighted by Crippen LogP contribution is 2.25. The van der Waals surface area contributed by atoms with Gasteiger partial charge in [-0.3, -0.25) is 4.79 Å². The van der Waals surface area contributed by atoms with Gasteiger partial charge in [-0.25, -0.2) is 0 Å². The Labute approximate surface area is 109 Å². The molecule has 2 rings (SSSR count). The minimum atomic E-state index is -0.00456. The zero-order valence-electron chi connectivity index (χ0n) is 11.3. The predicted octanol–water partition coefficient (Wildman–Crippen LogP) is 1.88. The van der Waals surface area contributed by atoms with Crippen molar-refractivity contribution in [2.45, 2.75) is 57.6 Å². The Balaban J connectivity index is 1.62. The van der Waals surface area contributed by atoms with Crippen molar-refractivity contribution in [2.75, 3.05) is 19.8 Å². The van der Waals surface area contributed by atoms with Crippen LogP contribution in [0.1, 0.15) is 45.4 Å². The second-order valence-electron chi connectivity index (χ2n) is 5.34. The van der Waals surface area contributed by atoms with Crippen LogP contribution in [0.4, 0.5) is 0 Å². The lowest BCUT2D eigenvalue weighted by Crippen LogP contribution is -2.39. The molecule has 1 saturated carbocycles. The number of carbonyl (C=O) groups is 1. The first-order valence-electron chi connectivity index (χ1n) is 7.31. The first-order chi connectivity index (χ1) is 8.79. The van der Waals surface area contributed by atoms with Gasteiger partial charge in [0.25, 0.3) is 0 Å². The molecule has 0 radical (unpaired) electrons. The molecule has 0 aromatic rings. The minimum Gasteiger partial charge on any atom is -0.466 e. The Morgan fingerprint density at radius 2 is 2.06 bits per heavy atom. The highest BCUT2D eigenvalue weighted by Gasteiger charge is 2.27. The van der Waals surface area contributed by atoms with Crippen molar-refractivity contribution in [1.82, 2.24) is 5.32 Å². The van der Waals surface area contributed by atoms with E-state index in [1.54, 1.807) is 0 Å². The van der Waals surface area contributed by atoms with Crippen LogP contribution >= 0.6 is 0 Å². The molecule has 1 aliphatic heterocycles. The molecule has 1 unspecified atom stereocenters. The first-order valence-corrected chi connectivity index (χ1v) is 7.31. The summed E-state index contributed by atoms with van der Waals surface area (Å²) in [7, 11) is 0. The van der Waals surface area contributed by atoms with Gasteiger partial charge >= 0.3 is 5.97 Å². The van der Waals surface area contributed by atoms with Crippen LogP contribution in [0.25, 0.3) is 0 Å². The summed E-state index contributed by atoms with van der Waals surface area (Å²) in [5.74, 6) is 0.126. The molecule has 0 spiro atoms. The molecular weight excluding hydrogens is 230 g/mol. The molecule has 4 nitrogen and oxygen atoms in total. The summed E-state index contributed by atoms with van der Waals surface area (Å²) in [6.45, 7) is 4.25. The van der Waals surface area contributed by atoms with Gasteiger partial charge in [-0.1, -0.05) is 0 Å². The predicted molar refractivity (Wildman–Crippen MR) is 69.4 cm³/mol. The average molecular weight is 255 g/mol. The van der Waals surface area contributed by atoms with E-state index in [2.05, 4.69) is 5.32 Å². The van der Waals surface area contributed by atoms with Crippen molar-refractivity contribution in [3.8, 4) is 0 Å². The van der Waals surface area contributed by atoms with Gasteiger partial charge in [0.1, 0.15) is 0 Å². The first kappa shape index (κ1) is 13.8. The van der Waals surface area contributed by atoms with E-state index in [0.717, 1.165) is 38.8 Å². The smallest absolute Gasteiger partial charge is 0.308 e. The standard InChI is InChI=1S/C14H25NO3/c1-2-17-14(16)11-5-7-12(8-6-11)15-10-13-4-3-9-18-13/h11-13,15H,2-10H2,1H3. The Hall–Kier alpha value is -0.610. The molecule has 1 N–H and O–H groups in total. The number of esters is 1. The van der Waals surface area contributed by atoms with E-state index in [4.69, 9.17) is 9.47 Å². The van der Waals surface area contributed by atoms with Crippen LogP contribution in [0, 0.1) is 5.92 Å². The van der Waals surface area contributed by atoms with E-state index < -0.39 is 0 Å². The Bertz CT molecular complexity index is 256. The topological polar surface area (TPSA) is 47.6 Å². The zero-order valence-corrected chi connectivity index (χ0v) is 11.3. The van der Waals surface area contributed by atoms with E-state index in [1.807, 2.05) is 6.92 Å². The zero-order chi connectivity index (χ0) is 12.8. The second-order valence-corrected chi connectivity index (χ2v) is 5.34. The van der Waals surface area contributed by atoms with Gasteiger partial charge in [0, 0.05) is 19.2 Å². The van der Waals surface area contributed by atoms with Crippen molar-refractivity contribution in [3.05, 3.63) is 0 Å². The van der Waals surface area contributed by atoms with Gasteiger partial charge in [0.2, 0.25) is 0 Å². The fourth-order valence-corrected chi connectivity index (χ4v) is 2.90. The third-order valence-corrected chi connectivity index (χ3v) is 4.01. The molecule has 0 bridgehead atoms. The lowest BCUT2D eigenvalue weighted by molar-refractivity contribution is -0.149. The van der Waals surface area contributed by atoms with Crippen molar-refractivity contribution < 1.29 is 14.3 Å². The molecule has 2 fully saturated rings. The number of rotatable bonds is 5. The molecule has 0 amide bonds. The maximum Gasteiger partial charge on any atom is 0.308 e. The van der Waals surface area contributed by atoms with E-state index in [-0.39, 0.29) is 11.9 Å². The average Bonchev–Trinajstić information content (AvgIpc) is 2.90. The van der Waals surface area contributed by atoms with E-state index in [1.165, 1.54) is 12.8 Å². The minimum absolute atomic E-state index is 0.00456. The van der Waals surface area contributed by atoms with Crippen LogP contribution in [-0.2, 0) is 14.3 Å². The third kappa shape index (κ3) is 3.95. The normalized spacial score (nSPS) is 32.4. The summed E-state index contributed by atoms with van der Waals surface area (Å²) < 4.78 is 10.7.